The molecule has 0 unspecified atom stereocenters. The van der Waals surface area contributed by atoms with Gasteiger partial charge in [0.2, 0.25) is 0 Å². The number of aliphatic carboxylic acids is 1. The van der Waals surface area contributed by atoms with Gasteiger partial charge in [0.05, 0.1) is 0 Å². The number of carbonyl (C=O) groups is 2. The van der Waals surface area contributed by atoms with Gasteiger partial charge in [-0.2, -0.15) is 5.90 Å². The van der Waals surface area contributed by atoms with Gasteiger partial charge in [0.1, 0.15) is 12.6 Å². The summed E-state index contributed by atoms with van der Waals surface area (Å²) in [7, 11) is 0. The number of carboxylic acid groups (broad SMARTS) is 1. The van der Waals surface area contributed by atoms with Crippen LogP contribution in [0.2, 0.25) is 0 Å². The number of nitrogens with two attached hydrogens (primary N) is 1. The summed E-state index contributed by atoms with van der Waals surface area (Å²) in [5.74, 6) is 4.09. The maximum Gasteiger partial charge on any atom is 0.527 e. The zero-order chi connectivity index (χ0) is 19.2. The number of rotatable bonds is 3. The average Bonchev–Trinajstić information content (AvgIpc) is 3.34. The van der Waals surface area contributed by atoms with Crippen LogP contribution in [0, 0.1) is 0 Å². The Morgan fingerprint density at radius 1 is 1.07 bits per heavy atom. The van der Waals surface area contributed by atoms with E-state index >= 15 is 0 Å². The molecule has 1 atom stereocenters. The highest BCUT2D eigenvalue weighted by molar-refractivity contribution is 5.79. The minimum atomic E-state index is -0.859. The fourth-order valence-corrected chi connectivity index (χ4v) is 3.52. The monoisotopic (exact) mass is 370 g/mol. The molecule has 1 fully saturated rings. The summed E-state index contributed by atoms with van der Waals surface area (Å²) in [6.45, 7) is 1.08. The van der Waals surface area contributed by atoms with E-state index in [0.717, 1.165) is 30.5 Å². The van der Waals surface area contributed by atoms with Crippen LogP contribution in [0.5, 0.6) is 0 Å². The molecule has 2 aliphatic rings. The number of fused-ring (bicyclic) bond motifs is 3. The van der Waals surface area contributed by atoms with E-state index in [1.54, 1.807) is 0 Å². The van der Waals surface area contributed by atoms with Crippen LogP contribution in [-0.2, 0) is 14.4 Å². The van der Waals surface area contributed by atoms with Crippen molar-refractivity contribution in [2.45, 2.75) is 24.8 Å². The van der Waals surface area contributed by atoms with Crippen LogP contribution >= 0.6 is 0 Å². The van der Waals surface area contributed by atoms with E-state index in [1.807, 2.05) is 24.3 Å². The third-order valence-electron chi connectivity index (χ3n) is 4.79. The summed E-state index contributed by atoms with van der Waals surface area (Å²) < 4.78 is 5.00. The Kier molecular flexibility index (Phi) is 6.05. The number of nitrogens with one attached hydrogen (secondary N) is 1. The van der Waals surface area contributed by atoms with Crippen LogP contribution < -0.4 is 11.2 Å². The smallest absolute Gasteiger partial charge is 0.480 e. The topological polar surface area (TPSA) is 111 Å². The van der Waals surface area contributed by atoms with Crippen molar-refractivity contribution in [3.05, 3.63) is 59.7 Å². The molecule has 1 aliphatic carbocycles. The molecule has 0 bridgehead atoms. The lowest BCUT2D eigenvalue weighted by molar-refractivity contribution is -0.139. The van der Waals surface area contributed by atoms with Gasteiger partial charge in [-0.15, -0.1) is 0 Å². The van der Waals surface area contributed by atoms with E-state index in [4.69, 9.17) is 15.7 Å². The highest BCUT2D eigenvalue weighted by Gasteiger charge is 2.29. The zero-order valence-electron chi connectivity index (χ0n) is 14.8. The Morgan fingerprint density at radius 3 is 2.11 bits per heavy atom. The van der Waals surface area contributed by atoms with Crippen molar-refractivity contribution < 1.29 is 24.3 Å². The quantitative estimate of drug-likeness (QED) is 0.562. The molecule has 1 aliphatic heterocycles. The second-order valence-electron chi connectivity index (χ2n) is 6.39. The van der Waals surface area contributed by atoms with Gasteiger partial charge in [-0.25, -0.2) is 4.79 Å². The fourth-order valence-electron chi connectivity index (χ4n) is 3.52. The van der Waals surface area contributed by atoms with Crippen LogP contribution in [-0.4, -0.2) is 36.4 Å². The van der Waals surface area contributed by atoms with Crippen LogP contribution in [0.15, 0.2) is 48.5 Å². The molecular weight excluding hydrogens is 348 g/mol. The van der Waals surface area contributed by atoms with Gasteiger partial charge in [0.15, 0.2) is 0 Å². The third kappa shape index (κ3) is 4.27. The number of hydrogen-bond acceptors (Lipinski definition) is 6. The Bertz CT molecular complexity index is 772. The minimum Gasteiger partial charge on any atom is -0.480 e. The molecule has 1 heterocycles. The highest BCUT2D eigenvalue weighted by atomic mass is 16.8. The summed E-state index contributed by atoms with van der Waals surface area (Å²) >= 11 is 0. The standard InChI is InChI=1S/C15H13NO3.C5H9NO2/c16-19-15(17)18-9-14-12-7-3-1-5-10(12)11-6-2-4-8-13(11)14;7-5(8)4-2-1-3-6-4/h1-8,14H,9,16H2;4,6H,1-3H2,(H,7,8)/t;4-/m.1/s1. The molecule has 7 nitrogen and oxygen atoms in total. The van der Waals surface area contributed by atoms with E-state index in [1.165, 1.54) is 11.1 Å². The van der Waals surface area contributed by atoms with E-state index in [-0.39, 0.29) is 18.6 Å². The summed E-state index contributed by atoms with van der Waals surface area (Å²) in [5.41, 5.74) is 4.70. The van der Waals surface area contributed by atoms with Crippen molar-refractivity contribution in [2.75, 3.05) is 13.2 Å². The van der Waals surface area contributed by atoms with Gasteiger partial charge in [-0.05, 0) is 41.6 Å². The largest absolute Gasteiger partial charge is 0.527 e. The first-order chi connectivity index (χ1) is 13.1. The van der Waals surface area contributed by atoms with Gasteiger partial charge in [-0.3, -0.25) is 4.79 Å². The zero-order valence-corrected chi connectivity index (χ0v) is 14.8. The lowest BCUT2D eigenvalue weighted by atomic mass is 9.98. The summed E-state index contributed by atoms with van der Waals surface area (Å²) in [4.78, 5) is 25.2. The molecule has 142 valence electrons. The predicted octanol–water partition coefficient (Wildman–Crippen LogP) is 2.65. The minimum absolute atomic E-state index is 0.0338. The second-order valence-corrected chi connectivity index (χ2v) is 6.39. The molecule has 7 heteroatoms. The third-order valence-corrected chi connectivity index (χ3v) is 4.79. The van der Waals surface area contributed by atoms with Crippen LogP contribution in [0.25, 0.3) is 11.1 Å². The molecule has 1 saturated heterocycles. The summed E-state index contributed by atoms with van der Waals surface area (Å²) in [6, 6.07) is 16.0. The lowest BCUT2D eigenvalue weighted by Gasteiger charge is -2.12. The van der Waals surface area contributed by atoms with Crippen molar-refractivity contribution in [1.29, 1.82) is 0 Å². The number of carbonyl (C=O) groups excluding carboxylic acids is 1. The Morgan fingerprint density at radius 2 is 1.67 bits per heavy atom. The van der Waals surface area contributed by atoms with Gasteiger partial charge in [0, 0.05) is 5.92 Å². The SMILES string of the molecule is NOC(=O)OCC1c2ccccc2-c2ccccc21.O=C(O)[C@H]1CCCN1. The van der Waals surface area contributed by atoms with Crippen LogP contribution in [0.3, 0.4) is 0 Å². The highest BCUT2D eigenvalue weighted by Crippen LogP contribution is 2.44. The van der Waals surface area contributed by atoms with Crippen molar-refractivity contribution in [3.8, 4) is 11.1 Å². The normalized spacial score (nSPS) is 17.3. The maximum atomic E-state index is 11.0. The molecule has 2 aromatic carbocycles. The number of benzene rings is 2. The van der Waals surface area contributed by atoms with Gasteiger partial charge < -0.3 is 20.0 Å². The fraction of sp³-hybridized carbons (Fsp3) is 0.300. The number of hydrogen-bond donors (Lipinski definition) is 3. The molecular formula is C20H22N2O5. The van der Waals surface area contributed by atoms with Gasteiger partial charge >= 0.3 is 12.1 Å². The number of carboxylic acids is 1. The van der Waals surface area contributed by atoms with Gasteiger partial charge in [0.25, 0.3) is 0 Å². The van der Waals surface area contributed by atoms with Gasteiger partial charge in [-0.1, -0.05) is 48.5 Å². The lowest BCUT2D eigenvalue weighted by Crippen LogP contribution is -2.29. The molecule has 0 amide bonds. The average molecular weight is 370 g/mol. The van der Waals surface area contributed by atoms with E-state index in [2.05, 4.69) is 34.4 Å². The van der Waals surface area contributed by atoms with E-state index < -0.39 is 12.1 Å². The van der Waals surface area contributed by atoms with Crippen molar-refractivity contribution in [1.82, 2.24) is 5.32 Å². The Hall–Kier alpha value is -2.90. The molecule has 4 rings (SSSR count). The second kappa shape index (κ2) is 8.66. The first-order valence-corrected chi connectivity index (χ1v) is 8.79. The molecule has 0 radical (unpaired) electrons. The van der Waals surface area contributed by atoms with E-state index in [9.17, 15) is 9.59 Å². The first-order valence-electron chi connectivity index (χ1n) is 8.79. The summed E-state index contributed by atoms with van der Waals surface area (Å²) in [6.07, 6.45) is 0.925. The molecule has 0 saturated carbocycles. The number of ether oxygens (including phenoxy) is 1. The van der Waals surface area contributed by atoms with Crippen molar-refractivity contribution in [2.24, 2.45) is 5.90 Å². The predicted molar refractivity (Wildman–Crippen MR) is 99.0 cm³/mol. The van der Waals surface area contributed by atoms with Crippen LogP contribution in [0.1, 0.15) is 29.9 Å². The molecule has 2 aromatic rings. The van der Waals surface area contributed by atoms with Crippen molar-refractivity contribution in [3.63, 3.8) is 0 Å². The van der Waals surface area contributed by atoms with E-state index in [0.29, 0.717) is 0 Å². The maximum absolute atomic E-state index is 11.0. The summed E-state index contributed by atoms with van der Waals surface area (Å²) in [5, 5.41) is 11.2. The first kappa shape index (κ1) is 18.9. The van der Waals surface area contributed by atoms with Crippen LogP contribution in [0.4, 0.5) is 4.79 Å². The Labute approximate surface area is 157 Å². The molecule has 27 heavy (non-hydrogen) atoms. The molecule has 4 N–H and O–H groups in total. The molecule has 0 spiro atoms. The van der Waals surface area contributed by atoms with Crippen molar-refractivity contribution >= 4 is 12.1 Å². The Balaban J connectivity index is 0.000000221. The molecule has 0 aromatic heterocycles.